The molecule has 0 bridgehead atoms. The first-order chi connectivity index (χ1) is 16.3. The molecule has 0 spiro atoms. The molecule has 2 aliphatic heterocycles. The molecule has 9 nitrogen and oxygen atoms in total. The van der Waals surface area contributed by atoms with Crippen LogP contribution in [0.2, 0.25) is 0 Å². The van der Waals surface area contributed by atoms with E-state index in [0.29, 0.717) is 30.2 Å². The van der Waals surface area contributed by atoms with Crippen LogP contribution in [0.3, 0.4) is 0 Å². The maximum atomic E-state index is 13.1. The normalized spacial score (nSPS) is 14.0. The first-order valence-electron chi connectivity index (χ1n) is 10.6. The molecule has 174 valence electrons. The van der Waals surface area contributed by atoms with Crippen molar-refractivity contribution in [3.63, 3.8) is 0 Å². The van der Waals surface area contributed by atoms with E-state index in [-0.39, 0.29) is 28.8 Å². The molecule has 0 aromatic heterocycles. The minimum absolute atomic E-state index is 0.0580. The fourth-order valence-corrected chi connectivity index (χ4v) is 5.15. The van der Waals surface area contributed by atoms with Crippen LogP contribution in [0.4, 0.5) is 17.1 Å². The fraction of sp³-hybridized carbons (Fsp3) is 0.167. The second-order valence-corrected chi connectivity index (χ2v) is 9.57. The molecule has 2 N–H and O–H groups in total. The standard InChI is InChI=1S/C24H21N3O6S/c1-15(28)27-11-10-16-12-18(7-8-21(16)27)34(30,31)26-20-5-3-2-4-19(20)24(29)25-17-6-9-22-23(13-17)33-14-32-22/h2-9,12-13,26H,10-11,14H2,1H3,(H,25,29). The first-order valence-corrected chi connectivity index (χ1v) is 12.0. The van der Waals surface area contributed by atoms with Crippen LogP contribution in [-0.4, -0.2) is 33.6 Å². The Balaban J connectivity index is 1.38. The lowest BCUT2D eigenvalue weighted by atomic mass is 10.1. The van der Waals surface area contributed by atoms with E-state index in [0.717, 1.165) is 11.3 Å². The van der Waals surface area contributed by atoms with E-state index in [4.69, 9.17) is 9.47 Å². The Morgan fingerprint density at radius 1 is 0.971 bits per heavy atom. The Morgan fingerprint density at radius 3 is 2.59 bits per heavy atom. The summed E-state index contributed by atoms with van der Waals surface area (Å²) in [7, 11) is -3.98. The Morgan fingerprint density at radius 2 is 1.76 bits per heavy atom. The number of nitrogens with one attached hydrogen (secondary N) is 2. The zero-order chi connectivity index (χ0) is 23.9. The number of benzene rings is 3. The van der Waals surface area contributed by atoms with Gasteiger partial charge in [0, 0.05) is 30.9 Å². The van der Waals surface area contributed by atoms with Gasteiger partial charge >= 0.3 is 0 Å². The maximum absolute atomic E-state index is 13.1. The van der Waals surface area contributed by atoms with Crippen LogP contribution in [0.1, 0.15) is 22.8 Å². The van der Waals surface area contributed by atoms with Crippen molar-refractivity contribution in [2.75, 3.05) is 28.3 Å². The molecule has 2 aliphatic rings. The van der Waals surface area contributed by atoms with E-state index in [1.807, 2.05) is 0 Å². The van der Waals surface area contributed by atoms with Gasteiger partial charge in [-0.2, -0.15) is 0 Å². The van der Waals surface area contributed by atoms with Crippen molar-refractivity contribution in [2.24, 2.45) is 0 Å². The first kappa shape index (κ1) is 21.8. The summed E-state index contributed by atoms with van der Waals surface area (Å²) in [6.07, 6.45) is 0.576. The molecule has 0 radical (unpaired) electrons. The second-order valence-electron chi connectivity index (χ2n) is 7.88. The average molecular weight is 480 g/mol. The number of ether oxygens (including phenoxy) is 2. The monoisotopic (exact) mass is 479 g/mol. The number of para-hydroxylation sites is 1. The summed E-state index contributed by atoms with van der Waals surface area (Å²) < 4.78 is 39.4. The van der Waals surface area contributed by atoms with Crippen molar-refractivity contribution >= 4 is 38.9 Å². The summed E-state index contributed by atoms with van der Waals surface area (Å²) in [6.45, 7) is 2.12. The molecular weight excluding hydrogens is 458 g/mol. The van der Waals surface area contributed by atoms with Crippen molar-refractivity contribution < 1.29 is 27.5 Å². The molecule has 2 heterocycles. The Bertz CT molecular complexity index is 1420. The van der Waals surface area contributed by atoms with E-state index in [2.05, 4.69) is 10.0 Å². The third-order valence-corrected chi connectivity index (χ3v) is 7.05. The van der Waals surface area contributed by atoms with Crippen molar-refractivity contribution in [2.45, 2.75) is 18.2 Å². The summed E-state index contributed by atoms with van der Waals surface area (Å²) >= 11 is 0. The van der Waals surface area contributed by atoms with Gasteiger partial charge in [-0.15, -0.1) is 0 Å². The third kappa shape index (κ3) is 4.03. The number of nitrogens with zero attached hydrogens (tertiary/aromatic N) is 1. The molecule has 0 aliphatic carbocycles. The lowest BCUT2D eigenvalue weighted by Gasteiger charge is -2.16. The topological polar surface area (TPSA) is 114 Å². The molecular formula is C24H21N3O6S. The van der Waals surface area contributed by atoms with Gasteiger partial charge in [-0.05, 0) is 54.4 Å². The number of sulfonamides is 1. The van der Waals surface area contributed by atoms with E-state index < -0.39 is 15.9 Å². The number of carbonyl (C=O) groups excluding carboxylic acids is 2. The molecule has 10 heteroatoms. The van der Waals surface area contributed by atoms with Gasteiger partial charge in [0.1, 0.15) is 0 Å². The van der Waals surface area contributed by atoms with E-state index in [1.54, 1.807) is 47.4 Å². The van der Waals surface area contributed by atoms with Gasteiger partial charge in [0.15, 0.2) is 11.5 Å². The number of hydrogen-bond donors (Lipinski definition) is 2. The molecule has 0 fully saturated rings. The summed E-state index contributed by atoms with van der Waals surface area (Å²) in [5.41, 5.74) is 2.29. The van der Waals surface area contributed by atoms with Crippen molar-refractivity contribution in [1.29, 1.82) is 0 Å². The van der Waals surface area contributed by atoms with Gasteiger partial charge in [0.05, 0.1) is 16.1 Å². The highest BCUT2D eigenvalue weighted by Crippen LogP contribution is 2.35. The summed E-state index contributed by atoms with van der Waals surface area (Å²) in [5.74, 6) is 0.539. The number of fused-ring (bicyclic) bond motifs is 2. The minimum atomic E-state index is -3.98. The van der Waals surface area contributed by atoms with Crippen LogP contribution in [0, 0.1) is 0 Å². The Kier molecular flexibility index (Phi) is 5.37. The maximum Gasteiger partial charge on any atom is 0.261 e. The molecule has 0 saturated heterocycles. The van der Waals surface area contributed by atoms with E-state index in [1.165, 1.54) is 25.1 Å². The lowest BCUT2D eigenvalue weighted by Crippen LogP contribution is -2.25. The second kappa shape index (κ2) is 8.38. The highest BCUT2D eigenvalue weighted by Gasteiger charge is 2.26. The van der Waals surface area contributed by atoms with Crippen molar-refractivity contribution in [3.05, 3.63) is 71.8 Å². The average Bonchev–Trinajstić information content (AvgIpc) is 3.45. The van der Waals surface area contributed by atoms with Crippen LogP contribution < -0.4 is 24.4 Å². The summed E-state index contributed by atoms with van der Waals surface area (Å²) in [4.78, 5) is 26.4. The number of carbonyl (C=O) groups is 2. The van der Waals surface area contributed by atoms with Crippen LogP contribution in [0.5, 0.6) is 11.5 Å². The van der Waals surface area contributed by atoms with Gasteiger partial charge < -0.3 is 19.7 Å². The molecule has 2 amide bonds. The van der Waals surface area contributed by atoms with E-state index in [9.17, 15) is 18.0 Å². The Hall–Kier alpha value is -4.05. The predicted molar refractivity (Wildman–Crippen MR) is 126 cm³/mol. The molecule has 0 unspecified atom stereocenters. The van der Waals surface area contributed by atoms with Crippen LogP contribution in [-0.2, 0) is 21.2 Å². The molecule has 34 heavy (non-hydrogen) atoms. The molecule has 0 saturated carbocycles. The van der Waals surface area contributed by atoms with Gasteiger partial charge in [-0.3, -0.25) is 14.3 Å². The number of rotatable bonds is 5. The smallest absolute Gasteiger partial charge is 0.261 e. The number of hydrogen-bond acceptors (Lipinski definition) is 6. The molecule has 3 aromatic carbocycles. The van der Waals surface area contributed by atoms with Crippen molar-refractivity contribution in [3.8, 4) is 11.5 Å². The molecule has 0 atom stereocenters. The molecule has 3 aromatic rings. The van der Waals surface area contributed by atoms with Crippen LogP contribution in [0.25, 0.3) is 0 Å². The lowest BCUT2D eigenvalue weighted by molar-refractivity contribution is -0.116. The summed E-state index contributed by atoms with van der Waals surface area (Å²) in [6, 6.07) is 16.0. The SMILES string of the molecule is CC(=O)N1CCc2cc(S(=O)(=O)Nc3ccccc3C(=O)Nc3ccc4c(c3)OCO4)ccc21. The molecule has 5 rings (SSSR count). The van der Waals surface area contributed by atoms with Gasteiger partial charge in [0.2, 0.25) is 12.7 Å². The highest BCUT2D eigenvalue weighted by molar-refractivity contribution is 7.92. The zero-order valence-electron chi connectivity index (χ0n) is 18.2. The minimum Gasteiger partial charge on any atom is -0.454 e. The fourth-order valence-electron chi connectivity index (χ4n) is 4.02. The van der Waals surface area contributed by atoms with E-state index >= 15 is 0 Å². The third-order valence-electron chi connectivity index (χ3n) is 5.68. The van der Waals surface area contributed by atoms with Crippen LogP contribution in [0.15, 0.2) is 65.6 Å². The largest absolute Gasteiger partial charge is 0.454 e. The van der Waals surface area contributed by atoms with Gasteiger partial charge in [0.25, 0.3) is 15.9 Å². The zero-order valence-corrected chi connectivity index (χ0v) is 19.0. The van der Waals surface area contributed by atoms with Gasteiger partial charge in [-0.1, -0.05) is 12.1 Å². The quantitative estimate of drug-likeness (QED) is 0.580. The number of anilines is 3. The van der Waals surface area contributed by atoms with Crippen molar-refractivity contribution in [1.82, 2.24) is 0 Å². The van der Waals surface area contributed by atoms with Crippen LogP contribution >= 0.6 is 0 Å². The van der Waals surface area contributed by atoms with Gasteiger partial charge in [-0.25, -0.2) is 8.42 Å². The predicted octanol–water partition coefficient (Wildman–Crippen LogP) is 3.38. The highest BCUT2D eigenvalue weighted by atomic mass is 32.2. The Labute approximate surface area is 196 Å². The summed E-state index contributed by atoms with van der Waals surface area (Å²) in [5, 5.41) is 2.76. The number of amides is 2.